The van der Waals surface area contributed by atoms with Gasteiger partial charge in [0.25, 0.3) is 5.91 Å². The monoisotopic (exact) mass is 683 g/mol. The molecule has 0 radical (unpaired) electrons. The molecule has 1 saturated heterocycles. The number of ether oxygens (including phenoxy) is 1. The molecule has 220 valence electrons. The van der Waals surface area contributed by atoms with Crippen molar-refractivity contribution >= 4 is 52.1 Å². The number of halogens is 1. The first-order valence-corrected chi connectivity index (χ1v) is 15.3. The van der Waals surface area contributed by atoms with E-state index in [0.717, 1.165) is 16.9 Å². The minimum absolute atomic E-state index is 0.0132. The van der Waals surface area contributed by atoms with E-state index in [2.05, 4.69) is 53.5 Å². The summed E-state index contributed by atoms with van der Waals surface area (Å²) in [5.41, 5.74) is 14.1. The number of alkyl halides is 1. The van der Waals surface area contributed by atoms with Crippen molar-refractivity contribution in [1.82, 2.24) is 30.8 Å². The van der Waals surface area contributed by atoms with Gasteiger partial charge in [0.1, 0.15) is 18.2 Å². The van der Waals surface area contributed by atoms with Gasteiger partial charge in [-0.15, -0.1) is 0 Å². The number of urea groups is 1. The number of nitrogens with two attached hydrogens (primary N) is 2. The summed E-state index contributed by atoms with van der Waals surface area (Å²) in [6, 6.07) is 17.9. The van der Waals surface area contributed by atoms with Gasteiger partial charge in [0, 0.05) is 24.1 Å². The van der Waals surface area contributed by atoms with Crippen LogP contribution >= 0.6 is 22.6 Å². The van der Waals surface area contributed by atoms with Crippen LogP contribution in [0.2, 0.25) is 0 Å². The molecule has 0 bridgehead atoms. The largest absolute Gasteiger partial charge is 0.489 e. The molecule has 5 rings (SSSR count). The molecule has 7 N–H and O–H groups in total. The first-order valence-electron chi connectivity index (χ1n) is 13.7. The van der Waals surface area contributed by atoms with Crippen molar-refractivity contribution in [2.24, 2.45) is 4.99 Å². The number of nitrogen functional groups attached to an aromatic ring is 2. The quantitative estimate of drug-likeness (QED) is 0.178. The summed E-state index contributed by atoms with van der Waals surface area (Å²) in [6.07, 6.45) is 2.10. The highest BCUT2D eigenvalue weighted by atomic mass is 127. The second-order valence-electron chi connectivity index (χ2n) is 10.3. The second kappa shape index (κ2) is 13.2. The van der Waals surface area contributed by atoms with Gasteiger partial charge < -0.3 is 31.7 Å². The Labute approximate surface area is 257 Å². The lowest BCUT2D eigenvalue weighted by Crippen LogP contribution is -2.58. The van der Waals surface area contributed by atoms with Crippen molar-refractivity contribution in [2.75, 3.05) is 37.6 Å². The van der Waals surface area contributed by atoms with Gasteiger partial charge in [-0.1, -0.05) is 65.1 Å². The number of nitrogens with one attached hydrogen (secondary N) is 3. The lowest BCUT2D eigenvalue weighted by Gasteiger charge is -2.39. The van der Waals surface area contributed by atoms with E-state index in [1.165, 1.54) is 0 Å². The Balaban J connectivity index is 1.04. The molecule has 0 unspecified atom stereocenters. The number of likely N-dealkylation sites (tertiary alicyclic amines) is 1. The number of nitrogens with zero attached hydrogens (tertiary/aromatic N) is 4. The van der Waals surface area contributed by atoms with E-state index in [0.29, 0.717) is 68.1 Å². The number of anilines is 2. The van der Waals surface area contributed by atoms with Crippen molar-refractivity contribution in [3.8, 4) is 5.75 Å². The first-order chi connectivity index (χ1) is 20.3. The zero-order chi connectivity index (χ0) is 29.5. The number of guanidine groups is 1. The minimum Gasteiger partial charge on any atom is -0.489 e. The van der Waals surface area contributed by atoms with Crippen molar-refractivity contribution in [2.45, 2.75) is 35.8 Å². The van der Waals surface area contributed by atoms with Crippen LogP contribution in [0.5, 0.6) is 5.75 Å². The number of carbonyl (C=O) groups is 2. The standard InChI is InChI=1S/C29H34IN9O3/c30-16-22-24(31)36-25(32)23(35-22)26(40)37-27-34-18-29(38-27)10-13-39(14-11-29)28(41)33-12-9-19-7-4-8-21(15-19)42-17-20-5-2-1-3-6-20/h1-8,15H,9-14,16-18H2,(H,33,41)(H4,31,32,36)(H2,34,37,38,40). The number of rotatable bonds is 8. The molecule has 0 atom stereocenters. The molecular weight excluding hydrogens is 649 g/mol. The molecule has 2 aliphatic heterocycles. The number of carbonyl (C=O) groups excluding carboxylic acids is 2. The van der Waals surface area contributed by atoms with Crippen LogP contribution in [0.25, 0.3) is 0 Å². The molecule has 1 aromatic heterocycles. The Hall–Kier alpha value is -4.14. The average Bonchev–Trinajstić information content (AvgIpc) is 3.38. The van der Waals surface area contributed by atoms with Crippen LogP contribution in [-0.4, -0.2) is 64.5 Å². The Morgan fingerprint density at radius 3 is 2.55 bits per heavy atom. The van der Waals surface area contributed by atoms with Crippen LogP contribution in [0.3, 0.4) is 0 Å². The SMILES string of the molecule is Nc1nc(N)c(C(=O)NC2=NCC3(CCN(C(=O)NCCc4cccc(OCc5ccccc5)c4)CC3)N2)nc1CI. The van der Waals surface area contributed by atoms with E-state index >= 15 is 0 Å². The van der Waals surface area contributed by atoms with Crippen LogP contribution in [0, 0.1) is 0 Å². The molecule has 3 aromatic rings. The molecule has 2 aromatic carbocycles. The zero-order valence-electron chi connectivity index (χ0n) is 23.1. The van der Waals surface area contributed by atoms with Crippen LogP contribution in [0.15, 0.2) is 59.6 Å². The first kappa shape index (κ1) is 29.4. The molecule has 13 heteroatoms. The van der Waals surface area contributed by atoms with Gasteiger partial charge in [0.05, 0.1) is 17.8 Å². The van der Waals surface area contributed by atoms with Crippen molar-refractivity contribution in [1.29, 1.82) is 0 Å². The Kier molecular flexibility index (Phi) is 9.25. The highest BCUT2D eigenvalue weighted by Crippen LogP contribution is 2.26. The maximum Gasteiger partial charge on any atom is 0.317 e. The topological polar surface area (TPSA) is 173 Å². The van der Waals surface area contributed by atoms with E-state index in [4.69, 9.17) is 16.2 Å². The fraction of sp³-hybridized carbons (Fsp3) is 0.345. The number of amides is 3. The fourth-order valence-corrected chi connectivity index (χ4v) is 5.50. The van der Waals surface area contributed by atoms with Gasteiger partial charge in [0.2, 0.25) is 0 Å². The number of benzene rings is 2. The third-order valence-electron chi connectivity index (χ3n) is 7.37. The Bertz CT molecular complexity index is 1460. The number of aliphatic imine (C=N–C) groups is 1. The molecule has 12 nitrogen and oxygen atoms in total. The highest BCUT2D eigenvalue weighted by Gasteiger charge is 2.40. The maximum atomic E-state index is 12.8. The normalized spacial score (nSPS) is 15.5. The van der Waals surface area contributed by atoms with E-state index in [1.54, 1.807) is 0 Å². The minimum atomic E-state index is -0.500. The second-order valence-corrected chi connectivity index (χ2v) is 11.1. The van der Waals surface area contributed by atoms with Gasteiger partial charge in [-0.3, -0.25) is 15.1 Å². The van der Waals surface area contributed by atoms with Crippen molar-refractivity contribution in [3.05, 3.63) is 77.1 Å². The molecule has 2 aliphatic rings. The third kappa shape index (κ3) is 7.19. The van der Waals surface area contributed by atoms with Crippen LogP contribution < -0.4 is 32.2 Å². The van der Waals surface area contributed by atoms with Gasteiger partial charge >= 0.3 is 6.03 Å². The maximum absolute atomic E-state index is 12.8. The van der Waals surface area contributed by atoms with Crippen molar-refractivity contribution in [3.63, 3.8) is 0 Å². The molecule has 0 aliphatic carbocycles. The summed E-state index contributed by atoms with van der Waals surface area (Å²) in [5, 5.41) is 9.13. The van der Waals surface area contributed by atoms with E-state index in [9.17, 15) is 9.59 Å². The number of piperidine rings is 1. The smallest absolute Gasteiger partial charge is 0.317 e. The number of aromatic nitrogens is 2. The zero-order valence-corrected chi connectivity index (χ0v) is 25.3. The number of hydrogen-bond acceptors (Lipinski definition) is 9. The molecule has 1 spiro atoms. The number of hydrogen-bond donors (Lipinski definition) is 5. The van der Waals surface area contributed by atoms with Crippen molar-refractivity contribution < 1.29 is 14.3 Å². The molecular formula is C29H34IN9O3. The lowest BCUT2D eigenvalue weighted by molar-refractivity contribution is 0.0971. The van der Waals surface area contributed by atoms with Gasteiger partial charge in [-0.25, -0.2) is 14.8 Å². The molecule has 3 heterocycles. The summed E-state index contributed by atoms with van der Waals surface area (Å²) in [4.78, 5) is 40.2. The molecule has 0 saturated carbocycles. The van der Waals surface area contributed by atoms with Crippen LogP contribution in [-0.2, 0) is 17.5 Å². The highest BCUT2D eigenvalue weighted by molar-refractivity contribution is 14.1. The summed E-state index contributed by atoms with van der Waals surface area (Å²) in [6.45, 7) is 2.69. The van der Waals surface area contributed by atoms with E-state index in [-0.39, 0.29) is 28.9 Å². The Morgan fingerprint density at radius 2 is 1.79 bits per heavy atom. The van der Waals surface area contributed by atoms with Crippen LogP contribution in [0.4, 0.5) is 16.4 Å². The third-order valence-corrected chi connectivity index (χ3v) is 8.09. The lowest BCUT2D eigenvalue weighted by atomic mass is 9.88. The van der Waals surface area contributed by atoms with Gasteiger partial charge in [-0.05, 0) is 42.5 Å². The van der Waals surface area contributed by atoms with Crippen LogP contribution in [0.1, 0.15) is 40.2 Å². The predicted octanol–water partition coefficient (Wildman–Crippen LogP) is 2.63. The van der Waals surface area contributed by atoms with E-state index < -0.39 is 5.91 Å². The van der Waals surface area contributed by atoms with E-state index in [1.807, 2.05) is 59.5 Å². The predicted molar refractivity (Wildman–Crippen MR) is 169 cm³/mol. The van der Waals surface area contributed by atoms with Gasteiger partial charge in [-0.2, -0.15) is 0 Å². The molecule has 42 heavy (non-hydrogen) atoms. The molecule has 3 amide bonds. The van der Waals surface area contributed by atoms with Gasteiger partial charge in [0.15, 0.2) is 17.5 Å². The Morgan fingerprint density at radius 1 is 1.02 bits per heavy atom. The summed E-state index contributed by atoms with van der Waals surface area (Å²) in [5.74, 6) is 0.848. The average molecular weight is 684 g/mol. The fourth-order valence-electron chi connectivity index (χ4n) is 4.94. The molecule has 1 fully saturated rings. The summed E-state index contributed by atoms with van der Waals surface area (Å²) < 4.78 is 6.42. The summed E-state index contributed by atoms with van der Waals surface area (Å²) in [7, 11) is 0. The summed E-state index contributed by atoms with van der Waals surface area (Å²) >= 11 is 2.10.